The van der Waals surface area contributed by atoms with Crippen LogP contribution >= 0.6 is 8.46 Å². The van der Waals surface area contributed by atoms with E-state index in [-0.39, 0.29) is 26.1 Å². The van der Waals surface area contributed by atoms with Crippen molar-refractivity contribution in [3.05, 3.63) is 34.4 Å². The first kappa shape index (κ1) is 20.3. The van der Waals surface area contributed by atoms with Crippen LogP contribution in [-0.4, -0.2) is 10.9 Å². The molecule has 0 spiro atoms. The standard InChI is InChI=1S/C22H33O2P/c1-14(2)17-12-18(15(3)4)20(19(13-17)16(5)6)21(23)22(25-24)10-8-7-9-11-22/h12-16H,7-11H2,1-6H3. The van der Waals surface area contributed by atoms with Gasteiger partial charge in [0, 0.05) is 5.56 Å². The summed E-state index contributed by atoms with van der Waals surface area (Å²) in [7, 11) is 0.00198. The van der Waals surface area contributed by atoms with Gasteiger partial charge in [0.15, 0.2) is 14.2 Å². The largest absolute Gasteiger partial charge is 0.293 e. The quantitative estimate of drug-likeness (QED) is 0.396. The molecule has 2 rings (SSSR count). The van der Waals surface area contributed by atoms with Crippen molar-refractivity contribution < 1.29 is 9.36 Å². The minimum absolute atomic E-state index is 0.00198. The Balaban J connectivity index is 2.69. The maximum atomic E-state index is 13.7. The van der Waals surface area contributed by atoms with Crippen LogP contribution in [0.5, 0.6) is 0 Å². The molecule has 0 aliphatic heterocycles. The molecule has 0 saturated heterocycles. The number of rotatable bonds is 6. The van der Waals surface area contributed by atoms with Gasteiger partial charge in [-0.25, -0.2) is 0 Å². The summed E-state index contributed by atoms with van der Waals surface area (Å²) >= 11 is 0. The smallest absolute Gasteiger partial charge is 0.181 e. The average Bonchev–Trinajstić information content (AvgIpc) is 2.60. The van der Waals surface area contributed by atoms with Crippen LogP contribution in [0.25, 0.3) is 0 Å². The van der Waals surface area contributed by atoms with Crippen molar-refractivity contribution in [3.8, 4) is 0 Å². The second kappa shape index (κ2) is 8.12. The van der Waals surface area contributed by atoms with Gasteiger partial charge in [0.25, 0.3) is 0 Å². The van der Waals surface area contributed by atoms with Crippen molar-refractivity contribution in [1.82, 2.24) is 0 Å². The molecular weight excluding hydrogens is 327 g/mol. The molecule has 1 saturated carbocycles. The van der Waals surface area contributed by atoms with Crippen LogP contribution in [0.1, 0.15) is 118 Å². The van der Waals surface area contributed by atoms with E-state index in [1.54, 1.807) is 0 Å². The lowest BCUT2D eigenvalue weighted by Crippen LogP contribution is -2.36. The molecule has 1 fully saturated rings. The van der Waals surface area contributed by atoms with E-state index in [4.69, 9.17) is 0 Å². The molecule has 0 aromatic heterocycles. The zero-order valence-corrected chi connectivity index (χ0v) is 17.6. The molecule has 1 aliphatic rings. The topological polar surface area (TPSA) is 34.1 Å². The molecule has 2 nitrogen and oxygen atoms in total. The maximum Gasteiger partial charge on any atom is 0.181 e. The van der Waals surface area contributed by atoms with Crippen LogP contribution in [0.4, 0.5) is 0 Å². The van der Waals surface area contributed by atoms with Crippen LogP contribution in [0.2, 0.25) is 0 Å². The number of benzene rings is 1. The highest BCUT2D eigenvalue weighted by Gasteiger charge is 2.43. The van der Waals surface area contributed by atoms with Gasteiger partial charge in [0.05, 0.1) is 0 Å². The normalized spacial score (nSPS) is 17.6. The number of hydrogen-bond donors (Lipinski definition) is 0. The predicted molar refractivity (Wildman–Crippen MR) is 106 cm³/mol. The first-order chi connectivity index (χ1) is 11.7. The molecule has 0 amide bonds. The summed E-state index contributed by atoms with van der Waals surface area (Å²) in [4.78, 5) is 13.7. The van der Waals surface area contributed by atoms with Crippen molar-refractivity contribution in [2.24, 2.45) is 0 Å². The third-order valence-corrected chi connectivity index (χ3v) is 6.64. The zero-order valence-electron chi connectivity index (χ0n) is 16.7. The van der Waals surface area contributed by atoms with E-state index in [9.17, 15) is 9.36 Å². The lowest BCUT2D eigenvalue weighted by Gasteiger charge is -2.32. The highest BCUT2D eigenvalue weighted by atomic mass is 31.1. The third kappa shape index (κ3) is 4.05. The molecule has 0 atom stereocenters. The van der Waals surface area contributed by atoms with Gasteiger partial charge < -0.3 is 0 Å². The molecule has 138 valence electrons. The Labute approximate surface area is 155 Å². The van der Waals surface area contributed by atoms with Gasteiger partial charge in [0.1, 0.15) is 5.16 Å². The van der Waals surface area contributed by atoms with Gasteiger partial charge in [-0.05, 0) is 47.3 Å². The highest BCUT2D eigenvalue weighted by molar-refractivity contribution is 7.28. The maximum absolute atomic E-state index is 13.7. The number of carbonyl (C=O) groups is 1. The monoisotopic (exact) mass is 360 g/mol. The van der Waals surface area contributed by atoms with Gasteiger partial charge in [-0.15, -0.1) is 0 Å². The summed E-state index contributed by atoms with van der Waals surface area (Å²) < 4.78 is 12.1. The number of carbonyl (C=O) groups excluding carboxylic acids is 1. The fraction of sp³-hybridized carbons (Fsp3) is 0.682. The van der Waals surface area contributed by atoms with Gasteiger partial charge in [-0.3, -0.25) is 9.36 Å². The van der Waals surface area contributed by atoms with Crippen LogP contribution in [0, 0.1) is 0 Å². The Kier molecular flexibility index (Phi) is 6.60. The molecule has 25 heavy (non-hydrogen) atoms. The summed E-state index contributed by atoms with van der Waals surface area (Å²) in [6, 6.07) is 4.43. The number of hydrogen-bond acceptors (Lipinski definition) is 2. The Bertz CT molecular complexity index is 608. The molecule has 0 N–H and O–H groups in total. The summed E-state index contributed by atoms with van der Waals surface area (Å²) in [6.45, 7) is 13.0. The molecule has 0 unspecified atom stereocenters. The van der Waals surface area contributed by atoms with Crippen LogP contribution in [-0.2, 0) is 4.57 Å². The van der Waals surface area contributed by atoms with Gasteiger partial charge in [0.2, 0.25) is 0 Å². The Morgan fingerprint density at radius 1 is 0.880 bits per heavy atom. The van der Waals surface area contributed by atoms with Crippen molar-refractivity contribution in [2.45, 2.75) is 96.6 Å². The van der Waals surface area contributed by atoms with Gasteiger partial charge in [-0.2, -0.15) is 0 Å². The minimum Gasteiger partial charge on any atom is -0.293 e. The van der Waals surface area contributed by atoms with E-state index >= 15 is 0 Å². The SMILES string of the molecule is CC(C)c1cc(C(C)C)c(C(=O)C2(P=O)CCCCC2)c(C(C)C)c1. The van der Waals surface area contributed by atoms with Crippen molar-refractivity contribution in [1.29, 1.82) is 0 Å². The number of Topliss-reactive ketones (excluding diaryl/α,β-unsaturated/α-hetero) is 1. The van der Waals surface area contributed by atoms with Gasteiger partial charge in [-0.1, -0.05) is 72.9 Å². The Morgan fingerprint density at radius 2 is 1.36 bits per heavy atom. The van der Waals surface area contributed by atoms with E-state index < -0.39 is 5.16 Å². The first-order valence-corrected chi connectivity index (χ1v) is 10.6. The van der Waals surface area contributed by atoms with Crippen molar-refractivity contribution >= 4 is 14.2 Å². The lowest BCUT2D eigenvalue weighted by atomic mass is 9.76. The van der Waals surface area contributed by atoms with Crippen LogP contribution < -0.4 is 0 Å². The van der Waals surface area contributed by atoms with Crippen LogP contribution in [0.3, 0.4) is 0 Å². The second-order valence-corrected chi connectivity index (χ2v) is 9.59. The molecule has 0 heterocycles. The third-order valence-electron chi connectivity index (χ3n) is 5.64. The van der Waals surface area contributed by atoms with E-state index in [2.05, 4.69) is 53.7 Å². The Hall–Kier alpha value is -1.01. The van der Waals surface area contributed by atoms with E-state index in [0.29, 0.717) is 5.92 Å². The second-order valence-electron chi connectivity index (χ2n) is 8.55. The van der Waals surface area contributed by atoms with Gasteiger partial charge >= 0.3 is 0 Å². The summed E-state index contributed by atoms with van der Waals surface area (Å²) in [5.74, 6) is 1.10. The minimum atomic E-state index is -0.703. The molecule has 1 aromatic carbocycles. The summed E-state index contributed by atoms with van der Waals surface area (Å²) in [5, 5.41) is -0.703. The molecule has 0 radical (unpaired) electrons. The summed E-state index contributed by atoms with van der Waals surface area (Å²) in [5.41, 5.74) is 4.42. The molecule has 1 aliphatic carbocycles. The fourth-order valence-electron chi connectivity index (χ4n) is 3.95. The Morgan fingerprint density at radius 3 is 1.72 bits per heavy atom. The first-order valence-electron chi connectivity index (χ1n) is 9.80. The molecule has 0 bridgehead atoms. The molecular formula is C22H33O2P. The predicted octanol–water partition coefficient (Wildman–Crippen LogP) is 7.23. The highest BCUT2D eigenvalue weighted by Crippen LogP contribution is 2.44. The van der Waals surface area contributed by atoms with Crippen LogP contribution in [0.15, 0.2) is 12.1 Å². The van der Waals surface area contributed by atoms with Crippen molar-refractivity contribution in [3.63, 3.8) is 0 Å². The average molecular weight is 360 g/mol. The molecule has 3 heteroatoms. The number of ketones is 1. The fourth-order valence-corrected chi connectivity index (χ4v) is 4.64. The van der Waals surface area contributed by atoms with Crippen molar-refractivity contribution in [2.75, 3.05) is 0 Å². The van der Waals surface area contributed by atoms with E-state index in [1.165, 1.54) is 5.56 Å². The lowest BCUT2D eigenvalue weighted by molar-refractivity contribution is 0.0912. The zero-order chi connectivity index (χ0) is 18.8. The van der Waals surface area contributed by atoms with E-state index in [1.807, 2.05) is 0 Å². The van der Waals surface area contributed by atoms with E-state index in [0.717, 1.165) is 48.8 Å². The summed E-state index contributed by atoms with van der Waals surface area (Å²) in [6.07, 6.45) is 4.64. The molecule has 1 aromatic rings.